The normalized spacial score (nSPS) is 11.2. The van der Waals surface area contributed by atoms with Gasteiger partial charge < -0.3 is 5.84 Å². The number of pyridine rings is 1. The van der Waals surface area contributed by atoms with Crippen LogP contribution in [0.4, 0.5) is 4.39 Å². The van der Waals surface area contributed by atoms with E-state index in [9.17, 15) is 4.39 Å². The number of aryl methyl sites for hydroxylation is 1. The van der Waals surface area contributed by atoms with Gasteiger partial charge in [0.15, 0.2) is 5.82 Å². The summed E-state index contributed by atoms with van der Waals surface area (Å²) in [5, 5.41) is 10.4. The van der Waals surface area contributed by atoms with Gasteiger partial charge in [-0.05, 0) is 30.7 Å². The van der Waals surface area contributed by atoms with Crippen molar-refractivity contribution in [3.63, 3.8) is 0 Å². The minimum atomic E-state index is -0.354. The fourth-order valence-corrected chi connectivity index (χ4v) is 3.93. The van der Waals surface area contributed by atoms with Gasteiger partial charge >= 0.3 is 0 Å². The van der Waals surface area contributed by atoms with Crippen molar-refractivity contribution in [2.24, 2.45) is 0 Å². The van der Waals surface area contributed by atoms with Gasteiger partial charge in [0.1, 0.15) is 5.82 Å². The lowest BCUT2D eigenvalue weighted by Gasteiger charge is -2.09. The molecule has 27 heavy (non-hydrogen) atoms. The van der Waals surface area contributed by atoms with E-state index in [0.717, 1.165) is 22.2 Å². The molecule has 2 aromatic heterocycles. The first-order chi connectivity index (χ1) is 13.0. The minimum Gasteiger partial charge on any atom is -0.335 e. The van der Waals surface area contributed by atoms with Crippen molar-refractivity contribution in [2.45, 2.75) is 17.8 Å². The summed E-state index contributed by atoms with van der Waals surface area (Å²) in [5.41, 5.74) is 3.21. The second kappa shape index (κ2) is 7.17. The van der Waals surface area contributed by atoms with E-state index in [1.54, 1.807) is 12.1 Å². The van der Waals surface area contributed by atoms with Crippen LogP contribution in [0.5, 0.6) is 0 Å². The summed E-state index contributed by atoms with van der Waals surface area (Å²) in [4.78, 5) is 4.66. The van der Waals surface area contributed by atoms with Crippen LogP contribution >= 0.6 is 23.4 Å². The van der Waals surface area contributed by atoms with Crippen LogP contribution in [0.3, 0.4) is 0 Å². The van der Waals surface area contributed by atoms with Gasteiger partial charge in [-0.15, -0.1) is 10.2 Å². The van der Waals surface area contributed by atoms with Crippen molar-refractivity contribution in [1.82, 2.24) is 19.9 Å². The maximum atomic E-state index is 13.4. The number of hydrogen-bond acceptors (Lipinski definition) is 5. The molecular formula is C19H15ClFN5S. The average Bonchev–Trinajstić information content (AvgIpc) is 3.04. The number of nitrogen functional groups attached to an aromatic ring is 1. The zero-order valence-corrected chi connectivity index (χ0v) is 15.9. The number of aromatic nitrogens is 4. The number of benzene rings is 2. The lowest BCUT2D eigenvalue weighted by molar-refractivity contribution is 0.628. The molecule has 4 aromatic rings. The molecule has 136 valence electrons. The Kier molecular flexibility index (Phi) is 4.72. The van der Waals surface area contributed by atoms with Crippen LogP contribution in [0.25, 0.3) is 22.3 Å². The van der Waals surface area contributed by atoms with E-state index in [0.29, 0.717) is 27.3 Å². The van der Waals surface area contributed by atoms with Crippen LogP contribution in [0.2, 0.25) is 5.02 Å². The van der Waals surface area contributed by atoms with Crippen molar-refractivity contribution in [2.75, 3.05) is 5.84 Å². The summed E-state index contributed by atoms with van der Waals surface area (Å²) in [5.74, 6) is 6.63. The Balaban J connectivity index is 1.61. The zero-order chi connectivity index (χ0) is 19.0. The van der Waals surface area contributed by atoms with Crippen molar-refractivity contribution in [1.29, 1.82) is 0 Å². The Morgan fingerprint density at radius 1 is 1.15 bits per heavy atom. The SMILES string of the molecule is Cc1c(Cl)c(CSc2nnc(-c3cccc(F)c3)n2N)nc2ccccc12. The predicted molar refractivity (Wildman–Crippen MR) is 107 cm³/mol. The molecule has 0 aliphatic carbocycles. The van der Waals surface area contributed by atoms with E-state index in [2.05, 4.69) is 15.2 Å². The maximum absolute atomic E-state index is 13.4. The van der Waals surface area contributed by atoms with Gasteiger partial charge in [-0.1, -0.05) is 53.7 Å². The quantitative estimate of drug-likeness (QED) is 0.401. The van der Waals surface area contributed by atoms with Crippen LogP contribution in [-0.4, -0.2) is 19.9 Å². The highest BCUT2D eigenvalue weighted by Crippen LogP contribution is 2.31. The van der Waals surface area contributed by atoms with Crippen LogP contribution in [0, 0.1) is 12.7 Å². The van der Waals surface area contributed by atoms with Crippen molar-refractivity contribution in [3.8, 4) is 11.4 Å². The smallest absolute Gasteiger partial charge is 0.210 e. The van der Waals surface area contributed by atoms with Gasteiger partial charge in [0.25, 0.3) is 0 Å². The molecule has 0 bridgehead atoms. The molecule has 0 saturated carbocycles. The molecule has 0 saturated heterocycles. The first kappa shape index (κ1) is 17.8. The van der Waals surface area contributed by atoms with E-state index in [1.165, 1.54) is 28.6 Å². The number of halogens is 2. The second-order valence-electron chi connectivity index (χ2n) is 5.99. The Morgan fingerprint density at radius 2 is 1.96 bits per heavy atom. The van der Waals surface area contributed by atoms with Gasteiger partial charge in [-0.3, -0.25) is 4.98 Å². The zero-order valence-electron chi connectivity index (χ0n) is 14.4. The Morgan fingerprint density at radius 3 is 2.78 bits per heavy atom. The highest BCUT2D eigenvalue weighted by atomic mass is 35.5. The van der Waals surface area contributed by atoms with Gasteiger partial charge in [0.05, 0.1) is 16.2 Å². The molecule has 2 heterocycles. The summed E-state index contributed by atoms with van der Waals surface area (Å²) >= 11 is 7.88. The molecule has 8 heteroatoms. The predicted octanol–water partition coefficient (Wildman–Crippen LogP) is 4.60. The number of nitrogens with zero attached hydrogens (tertiary/aromatic N) is 4. The van der Waals surface area contributed by atoms with Crippen molar-refractivity contribution >= 4 is 34.3 Å². The van der Waals surface area contributed by atoms with E-state index < -0.39 is 0 Å². The largest absolute Gasteiger partial charge is 0.335 e. The molecule has 0 unspecified atom stereocenters. The monoisotopic (exact) mass is 399 g/mol. The highest BCUT2D eigenvalue weighted by Gasteiger charge is 2.15. The number of hydrogen-bond donors (Lipinski definition) is 1. The molecule has 0 spiro atoms. The standard InChI is InChI=1S/C19H15ClFN5S/c1-11-14-7-2-3-8-15(14)23-16(17(11)20)10-27-19-25-24-18(26(19)22)12-5-4-6-13(21)9-12/h2-9H,10,22H2,1H3. The molecule has 0 fully saturated rings. The number of para-hydroxylation sites is 1. The molecule has 0 amide bonds. The summed E-state index contributed by atoms with van der Waals surface area (Å²) in [6.45, 7) is 1.98. The Hall–Kier alpha value is -2.64. The maximum Gasteiger partial charge on any atom is 0.210 e. The van der Waals surface area contributed by atoms with E-state index in [4.69, 9.17) is 17.4 Å². The number of thioether (sulfide) groups is 1. The molecular weight excluding hydrogens is 385 g/mol. The lowest BCUT2D eigenvalue weighted by atomic mass is 10.1. The summed E-state index contributed by atoms with van der Waals surface area (Å²) in [6, 6.07) is 13.9. The van der Waals surface area contributed by atoms with E-state index in [1.807, 2.05) is 31.2 Å². The van der Waals surface area contributed by atoms with Crippen LogP contribution in [0.1, 0.15) is 11.3 Å². The molecule has 0 aliphatic rings. The third-order valence-corrected chi connectivity index (χ3v) is 5.69. The van der Waals surface area contributed by atoms with Gasteiger partial charge in [-0.25, -0.2) is 9.07 Å². The minimum absolute atomic E-state index is 0.354. The van der Waals surface area contributed by atoms with Crippen LogP contribution in [0.15, 0.2) is 53.7 Å². The first-order valence-electron chi connectivity index (χ1n) is 8.17. The molecule has 4 rings (SSSR count). The summed E-state index contributed by atoms with van der Waals surface area (Å²) in [6.07, 6.45) is 0. The fraction of sp³-hybridized carbons (Fsp3) is 0.105. The third kappa shape index (κ3) is 3.36. The third-order valence-electron chi connectivity index (χ3n) is 4.23. The average molecular weight is 400 g/mol. The molecule has 0 atom stereocenters. The molecule has 2 aromatic carbocycles. The van der Waals surface area contributed by atoms with E-state index in [-0.39, 0.29) is 5.82 Å². The molecule has 0 aliphatic heterocycles. The Bertz CT molecular complexity index is 1140. The summed E-state index contributed by atoms with van der Waals surface area (Å²) < 4.78 is 14.8. The van der Waals surface area contributed by atoms with Crippen molar-refractivity contribution in [3.05, 3.63) is 70.6 Å². The van der Waals surface area contributed by atoms with Gasteiger partial charge in [0, 0.05) is 16.7 Å². The second-order valence-corrected chi connectivity index (χ2v) is 7.31. The first-order valence-corrected chi connectivity index (χ1v) is 9.54. The number of fused-ring (bicyclic) bond motifs is 1. The number of rotatable bonds is 4. The Labute approximate surface area is 164 Å². The fourth-order valence-electron chi connectivity index (χ4n) is 2.85. The van der Waals surface area contributed by atoms with Crippen molar-refractivity contribution < 1.29 is 4.39 Å². The van der Waals surface area contributed by atoms with Gasteiger partial charge in [0.2, 0.25) is 5.16 Å². The summed E-state index contributed by atoms with van der Waals surface area (Å²) in [7, 11) is 0. The van der Waals surface area contributed by atoms with E-state index >= 15 is 0 Å². The van der Waals surface area contributed by atoms with Crippen LogP contribution < -0.4 is 5.84 Å². The van der Waals surface area contributed by atoms with Crippen LogP contribution in [-0.2, 0) is 5.75 Å². The molecule has 0 radical (unpaired) electrons. The topological polar surface area (TPSA) is 69.6 Å². The van der Waals surface area contributed by atoms with Gasteiger partial charge in [-0.2, -0.15) is 0 Å². The molecule has 2 N–H and O–H groups in total. The highest BCUT2D eigenvalue weighted by molar-refractivity contribution is 7.98. The molecule has 5 nitrogen and oxygen atoms in total. The number of nitrogens with two attached hydrogens (primary N) is 1. The lowest BCUT2D eigenvalue weighted by Crippen LogP contribution is -2.11.